The van der Waals surface area contributed by atoms with E-state index in [1.165, 1.54) is 10.4 Å². The van der Waals surface area contributed by atoms with Gasteiger partial charge in [0.25, 0.3) is 5.56 Å². The Balaban J connectivity index is 1.52. The maximum absolute atomic E-state index is 12.8. The monoisotopic (exact) mass is 463 g/mol. The van der Waals surface area contributed by atoms with Crippen LogP contribution in [-0.2, 0) is 19.5 Å². The summed E-state index contributed by atoms with van der Waals surface area (Å²) < 4.78 is 5.33. The van der Waals surface area contributed by atoms with Gasteiger partial charge < -0.3 is 19.9 Å². The summed E-state index contributed by atoms with van der Waals surface area (Å²) in [5, 5.41) is 6.99. The lowest BCUT2D eigenvalue weighted by molar-refractivity contribution is 0.401. The van der Waals surface area contributed by atoms with Crippen LogP contribution in [0.25, 0.3) is 10.9 Å². The summed E-state index contributed by atoms with van der Waals surface area (Å²) in [5.74, 6) is 0.754. The van der Waals surface area contributed by atoms with Gasteiger partial charge >= 0.3 is 0 Å². The van der Waals surface area contributed by atoms with Gasteiger partial charge in [-0.3, -0.25) is 4.79 Å². The zero-order valence-corrected chi connectivity index (χ0v) is 19.5. The second-order valence-corrected chi connectivity index (χ2v) is 8.90. The Morgan fingerprint density at radius 3 is 2.69 bits per heavy atom. The molecule has 0 amide bonds. The smallest absolute Gasteiger partial charge is 0.253 e. The molecule has 0 aliphatic rings. The maximum Gasteiger partial charge on any atom is 0.253 e. The van der Waals surface area contributed by atoms with Gasteiger partial charge in [0, 0.05) is 27.9 Å². The van der Waals surface area contributed by atoms with Crippen LogP contribution in [0.2, 0.25) is 0 Å². The van der Waals surface area contributed by atoms with E-state index in [0.29, 0.717) is 23.8 Å². The van der Waals surface area contributed by atoms with Crippen molar-refractivity contribution in [2.75, 3.05) is 13.7 Å². The minimum Gasteiger partial charge on any atom is -0.497 e. The van der Waals surface area contributed by atoms with Crippen molar-refractivity contribution in [2.24, 2.45) is 0 Å². The number of pyridine rings is 1. The third kappa shape index (κ3) is 5.55. The van der Waals surface area contributed by atoms with Crippen LogP contribution in [-0.4, -0.2) is 28.7 Å². The van der Waals surface area contributed by atoms with Crippen LogP contribution in [0.5, 0.6) is 5.75 Å². The predicted octanol–water partition coefficient (Wildman–Crippen LogP) is 4.72. The van der Waals surface area contributed by atoms with Crippen LogP contribution in [0.15, 0.2) is 76.9 Å². The molecule has 5 nitrogen and oxygen atoms in total. The average molecular weight is 464 g/mol. The van der Waals surface area contributed by atoms with Crippen LogP contribution in [0.1, 0.15) is 16.0 Å². The number of thiocarbonyl (C=S) groups is 1. The van der Waals surface area contributed by atoms with Gasteiger partial charge in [-0.15, -0.1) is 11.3 Å². The van der Waals surface area contributed by atoms with E-state index in [2.05, 4.69) is 33.9 Å². The van der Waals surface area contributed by atoms with E-state index >= 15 is 0 Å². The molecule has 7 heteroatoms. The third-order valence-electron chi connectivity index (χ3n) is 5.24. The lowest BCUT2D eigenvalue weighted by Crippen LogP contribution is -2.40. The SMILES string of the molecule is COc1ccc2[nH]c(=O)c(CN(Cc3cccs3)C(=S)NCCc3ccccc3)cc2c1. The van der Waals surface area contributed by atoms with Crippen molar-refractivity contribution in [3.8, 4) is 5.75 Å². The van der Waals surface area contributed by atoms with E-state index in [-0.39, 0.29) is 5.56 Å². The molecule has 2 heterocycles. The van der Waals surface area contributed by atoms with Crippen molar-refractivity contribution < 1.29 is 4.74 Å². The number of benzene rings is 2. The van der Waals surface area contributed by atoms with Crippen LogP contribution in [0, 0.1) is 0 Å². The summed E-state index contributed by atoms with van der Waals surface area (Å²) in [7, 11) is 1.63. The Labute approximate surface area is 196 Å². The second-order valence-electron chi connectivity index (χ2n) is 7.48. The Kier molecular flexibility index (Phi) is 7.19. The summed E-state index contributed by atoms with van der Waals surface area (Å²) in [6, 6.07) is 22.0. The number of nitrogens with zero attached hydrogens (tertiary/aromatic N) is 1. The number of aromatic amines is 1. The van der Waals surface area contributed by atoms with E-state index in [0.717, 1.165) is 29.6 Å². The van der Waals surface area contributed by atoms with Gasteiger partial charge in [0.1, 0.15) is 5.75 Å². The van der Waals surface area contributed by atoms with Crippen LogP contribution >= 0.6 is 23.6 Å². The van der Waals surface area contributed by atoms with E-state index in [4.69, 9.17) is 17.0 Å². The first-order chi connectivity index (χ1) is 15.6. The van der Waals surface area contributed by atoms with Gasteiger partial charge in [0.2, 0.25) is 0 Å². The number of ether oxygens (including phenoxy) is 1. The van der Waals surface area contributed by atoms with Gasteiger partial charge in [-0.1, -0.05) is 36.4 Å². The van der Waals surface area contributed by atoms with E-state index in [1.807, 2.05) is 53.4 Å². The summed E-state index contributed by atoms with van der Waals surface area (Å²) in [6.07, 6.45) is 0.879. The molecular formula is C25H25N3O2S2. The molecule has 0 aliphatic carbocycles. The van der Waals surface area contributed by atoms with Gasteiger partial charge in [-0.2, -0.15) is 0 Å². The van der Waals surface area contributed by atoms with Gasteiger partial charge in [0.15, 0.2) is 5.11 Å². The number of fused-ring (bicyclic) bond motifs is 1. The lowest BCUT2D eigenvalue weighted by Gasteiger charge is -2.25. The molecule has 0 saturated carbocycles. The predicted molar refractivity (Wildman–Crippen MR) is 135 cm³/mol. The number of thiophene rings is 1. The van der Waals surface area contributed by atoms with Crippen molar-refractivity contribution in [2.45, 2.75) is 19.5 Å². The molecule has 0 saturated heterocycles. The highest BCUT2D eigenvalue weighted by Gasteiger charge is 2.15. The summed E-state index contributed by atoms with van der Waals surface area (Å²) in [6.45, 7) is 1.79. The Morgan fingerprint density at radius 2 is 1.94 bits per heavy atom. The van der Waals surface area contributed by atoms with Crippen molar-refractivity contribution >= 4 is 39.6 Å². The van der Waals surface area contributed by atoms with Crippen LogP contribution in [0.3, 0.4) is 0 Å². The van der Waals surface area contributed by atoms with E-state index < -0.39 is 0 Å². The average Bonchev–Trinajstić information content (AvgIpc) is 3.32. The minimum atomic E-state index is -0.106. The summed E-state index contributed by atoms with van der Waals surface area (Å²) >= 11 is 7.41. The molecule has 4 rings (SSSR count). The number of nitrogens with one attached hydrogen (secondary N) is 2. The van der Waals surface area contributed by atoms with Crippen molar-refractivity contribution in [3.63, 3.8) is 0 Å². The number of aromatic nitrogens is 1. The number of hydrogen-bond acceptors (Lipinski definition) is 4. The summed E-state index contributed by atoms with van der Waals surface area (Å²) in [5.41, 5.74) is 2.60. The Bertz CT molecular complexity index is 1240. The highest BCUT2D eigenvalue weighted by Crippen LogP contribution is 2.20. The third-order valence-corrected chi connectivity index (χ3v) is 6.50. The number of methoxy groups -OCH3 is 1. The Hall–Kier alpha value is -3.16. The fraction of sp³-hybridized carbons (Fsp3) is 0.200. The zero-order valence-electron chi connectivity index (χ0n) is 17.8. The topological polar surface area (TPSA) is 57.4 Å². The molecule has 2 N–H and O–H groups in total. The van der Waals surface area contributed by atoms with Crippen molar-refractivity contribution in [1.29, 1.82) is 0 Å². The largest absolute Gasteiger partial charge is 0.497 e. The molecule has 4 aromatic rings. The lowest BCUT2D eigenvalue weighted by atomic mass is 10.1. The molecule has 0 radical (unpaired) electrons. The van der Waals surface area contributed by atoms with Gasteiger partial charge in [-0.05, 0) is 59.9 Å². The highest BCUT2D eigenvalue weighted by molar-refractivity contribution is 7.80. The van der Waals surface area contributed by atoms with Crippen molar-refractivity contribution in [3.05, 3.63) is 98.5 Å². The first-order valence-corrected chi connectivity index (χ1v) is 11.7. The molecule has 0 unspecified atom stereocenters. The quantitative estimate of drug-likeness (QED) is 0.371. The number of H-pyrrole nitrogens is 1. The maximum atomic E-state index is 12.8. The molecule has 0 fully saturated rings. The first-order valence-electron chi connectivity index (χ1n) is 10.4. The second kappa shape index (κ2) is 10.4. The molecule has 164 valence electrons. The highest BCUT2D eigenvalue weighted by atomic mass is 32.1. The molecule has 0 aliphatic heterocycles. The van der Waals surface area contributed by atoms with Gasteiger partial charge in [0.05, 0.1) is 20.2 Å². The minimum absolute atomic E-state index is 0.106. The molecule has 32 heavy (non-hydrogen) atoms. The molecule has 0 bridgehead atoms. The summed E-state index contributed by atoms with van der Waals surface area (Å²) in [4.78, 5) is 19.0. The fourth-order valence-electron chi connectivity index (χ4n) is 3.54. The molecule has 0 atom stereocenters. The standard InChI is InChI=1S/C25H25N3O2S2/c1-30-21-9-10-23-19(15-21)14-20(24(29)27-23)16-28(17-22-8-5-13-32-22)25(31)26-12-11-18-6-3-2-4-7-18/h2-10,13-15H,11-12,16-17H2,1H3,(H,26,31)(H,27,29). The Morgan fingerprint density at radius 1 is 1.09 bits per heavy atom. The van der Waals surface area contributed by atoms with E-state index in [1.54, 1.807) is 18.4 Å². The molecule has 0 spiro atoms. The van der Waals surface area contributed by atoms with Crippen LogP contribution < -0.4 is 15.6 Å². The molecule has 2 aromatic carbocycles. The molecule has 2 aromatic heterocycles. The number of rotatable bonds is 8. The normalized spacial score (nSPS) is 10.8. The first kappa shape index (κ1) is 22.0. The van der Waals surface area contributed by atoms with Gasteiger partial charge in [-0.25, -0.2) is 0 Å². The van der Waals surface area contributed by atoms with Crippen molar-refractivity contribution in [1.82, 2.24) is 15.2 Å². The molecular weight excluding hydrogens is 438 g/mol. The zero-order chi connectivity index (χ0) is 22.3. The fourth-order valence-corrected chi connectivity index (χ4v) is 4.49. The number of hydrogen-bond donors (Lipinski definition) is 2. The van der Waals surface area contributed by atoms with E-state index in [9.17, 15) is 4.79 Å². The van der Waals surface area contributed by atoms with Crippen LogP contribution in [0.4, 0.5) is 0 Å².